The molecule has 0 aromatic carbocycles. The van der Waals surface area contributed by atoms with Crippen LogP contribution in [0.25, 0.3) is 0 Å². The SMILES string of the molecule is CCCCNCC(C)N(C)C(C)CCC. The van der Waals surface area contributed by atoms with Crippen molar-refractivity contribution in [1.82, 2.24) is 10.2 Å². The molecule has 0 amide bonds. The van der Waals surface area contributed by atoms with Gasteiger partial charge in [-0.2, -0.15) is 0 Å². The summed E-state index contributed by atoms with van der Waals surface area (Å²) in [6.45, 7) is 11.4. The summed E-state index contributed by atoms with van der Waals surface area (Å²) in [4.78, 5) is 2.49. The fraction of sp³-hybridized carbons (Fsp3) is 1.00. The number of unbranched alkanes of at least 4 members (excludes halogenated alkanes) is 1. The van der Waals surface area contributed by atoms with E-state index in [9.17, 15) is 0 Å². The average Bonchev–Trinajstić information content (AvgIpc) is 2.23. The van der Waals surface area contributed by atoms with Gasteiger partial charge in [-0.25, -0.2) is 0 Å². The van der Waals surface area contributed by atoms with Gasteiger partial charge >= 0.3 is 0 Å². The van der Waals surface area contributed by atoms with E-state index in [4.69, 9.17) is 0 Å². The molecule has 0 aliphatic rings. The summed E-state index contributed by atoms with van der Waals surface area (Å²) in [7, 11) is 2.24. The Morgan fingerprint density at radius 1 is 1.07 bits per heavy atom. The van der Waals surface area contributed by atoms with Gasteiger partial charge in [-0.3, -0.25) is 4.90 Å². The molecule has 0 saturated heterocycles. The Balaban J connectivity index is 3.63. The maximum Gasteiger partial charge on any atom is 0.0192 e. The molecule has 15 heavy (non-hydrogen) atoms. The van der Waals surface area contributed by atoms with Crippen molar-refractivity contribution in [2.45, 2.75) is 65.5 Å². The standard InChI is InChI=1S/C13H30N2/c1-6-8-10-14-11-13(4)15(5)12(3)9-7-2/h12-14H,6-11H2,1-5H3. The third-order valence-electron chi connectivity index (χ3n) is 3.24. The molecule has 2 nitrogen and oxygen atoms in total. The zero-order valence-corrected chi connectivity index (χ0v) is 11.3. The zero-order valence-electron chi connectivity index (χ0n) is 11.3. The molecule has 2 atom stereocenters. The van der Waals surface area contributed by atoms with Gasteiger partial charge in [0.15, 0.2) is 0 Å². The first-order valence-corrected chi connectivity index (χ1v) is 6.56. The van der Waals surface area contributed by atoms with Crippen LogP contribution in [0.15, 0.2) is 0 Å². The van der Waals surface area contributed by atoms with Crippen molar-refractivity contribution >= 4 is 0 Å². The van der Waals surface area contributed by atoms with E-state index in [2.05, 4.69) is 45.0 Å². The summed E-state index contributed by atoms with van der Waals surface area (Å²) in [5, 5.41) is 3.52. The largest absolute Gasteiger partial charge is 0.315 e. The second kappa shape index (κ2) is 9.17. The minimum absolute atomic E-state index is 0.642. The molecule has 2 unspecified atom stereocenters. The van der Waals surface area contributed by atoms with Crippen molar-refractivity contribution in [3.05, 3.63) is 0 Å². The summed E-state index contributed by atoms with van der Waals surface area (Å²) in [5.41, 5.74) is 0. The number of likely N-dealkylation sites (N-methyl/N-ethyl adjacent to an activating group) is 1. The van der Waals surface area contributed by atoms with Crippen molar-refractivity contribution < 1.29 is 0 Å². The van der Waals surface area contributed by atoms with Gasteiger partial charge in [0.2, 0.25) is 0 Å². The second-order valence-corrected chi connectivity index (χ2v) is 4.71. The molecule has 0 rings (SSSR count). The molecular formula is C13H30N2. The van der Waals surface area contributed by atoms with Crippen molar-refractivity contribution in [2.75, 3.05) is 20.1 Å². The Labute approximate surface area is 96.4 Å². The van der Waals surface area contributed by atoms with E-state index in [0.717, 1.165) is 13.1 Å². The van der Waals surface area contributed by atoms with Crippen LogP contribution in [0.3, 0.4) is 0 Å². The predicted molar refractivity (Wildman–Crippen MR) is 69.4 cm³/mol. The Hall–Kier alpha value is -0.0800. The highest BCUT2D eigenvalue weighted by atomic mass is 15.2. The molecule has 0 fully saturated rings. The van der Waals surface area contributed by atoms with Gasteiger partial charge in [0.05, 0.1) is 0 Å². The highest BCUT2D eigenvalue weighted by molar-refractivity contribution is 4.71. The molecule has 0 aliphatic carbocycles. The maximum absolute atomic E-state index is 3.52. The Morgan fingerprint density at radius 2 is 1.73 bits per heavy atom. The monoisotopic (exact) mass is 214 g/mol. The van der Waals surface area contributed by atoms with Crippen molar-refractivity contribution in [3.63, 3.8) is 0 Å². The Bertz CT molecular complexity index is 136. The smallest absolute Gasteiger partial charge is 0.0192 e. The second-order valence-electron chi connectivity index (χ2n) is 4.71. The third-order valence-corrected chi connectivity index (χ3v) is 3.24. The molecule has 0 spiro atoms. The lowest BCUT2D eigenvalue weighted by Gasteiger charge is -2.31. The van der Waals surface area contributed by atoms with Gasteiger partial charge in [-0.05, 0) is 40.3 Å². The van der Waals surface area contributed by atoms with E-state index < -0.39 is 0 Å². The number of hydrogen-bond acceptors (Lipinski definition) is 2. The van der Waals surface area contributed by atoms with Gasteiger partial charge in [0, 0.05) is 18.6 Å². The lowest BCUT2D eigenvalue weighted by Crippen LogP contribution is -2.42. The zero-order chi connectivity index (χ0) is 11.7. The summed E-state index contributed by atoms with van der Waals surface area (Å²) in [6.07, 6.45) is 5.15. The van der Waals surface area contributed by atoms with Gasteiger partial charge < -0.3 is 5.32 Å². The first-order valence-electron chi connectivity index (χ1n) is 6.56. The van der Waals surface area contributed by atoms with Crippen LogP contribution in [0.2, 0.25) is 0 Å². The van der Waals surface area contributed by atoms with Gasteiger partial charge in [-0.1, -0.05) is 26.7 Å². The van der Waals surface area contributed by atoms with Crippen LogP contribution in [0, 0.1) is 0 Å². The van der Waals surface area contributed by atoms with Crippen LogP contribution < -0.4 is 5.32 Å². The van der Waals surface area contributed by atoms with Gasteiger partial charge in [-0.15, -0.1) is 0 Å². The molecular weight excluding hydrogens is 184 g/mol. The molecule has 0 heterocycles. The van der Waals surface area contributed by atoms with Gasteiger partial charge in [0.25, 0.3) is 0 Å². The average molecular weight is 214 g/mol. The predicted octanol–water partition coefficient (Wildman–Crippen LogP) is 2.89. The maximum atomic E-state index is 3.52. The molecule has 0 aromatic heterocycles. The molecule has 0 saturated carbocycles. The van der Waals surface area contributed by atoms with E-state index >= 15 is 0 Å². The summed E-state index contributed by atoms with van der Waals surface area (Å²) < 4.78 is 0. The van der Waals surface area contributed by atoms with E-state index in [1.165, 1.54) is 25.7 Å². The van der Waals surface area contributed by atoms with Crippen LogP contribution in [-0.2, 0) is 0 Å². The number of nitrogens with zero attached hydrogens (tertiary/aromatic N) is 1. The molecule has 0 radical (unpaired) electrons. The fourth-order valence-corrected chi connectivity index (χ4v) is 1.81. The minimum Gasteiger partial charge on any atom is -0.315 e. The normalized spacial score (nSPS) is 15.6. The molecule has 1 N–H and O–H groups in total. The summed E-state index contributed by atoms with van der Waals surface area (Å²) in [6, 6.07) is 1.35. The molecule has 0 bridgehead atoms. The van der Waals surface area contributed by atoms with E-state index in [0.29, 0.717) is 12.1 Å². The lowest BCUT2D eigenvalue weighted by molar-refractivity contribution is 0.183. The first kappa shape index (κ1) is 14.9. The van der Waals surface area contributed by atoms with E-state index in [1.807, 2.05) is 0 Å². The number of hydrogen-bond donors (Lipinski definition) is 1. The molecule has 0 aliphatic heterocycles. The first-order chi connectivity index (χ1) is 7.13. The van der Waals surface area contributed by atoms with Crippen LogP contribution in [0.5, 0.6) is 0 Å². The van der Waals surface area contributed by atoms with Crippen LogP contribution in [0.1, 0.15) is 53.4 Å². The summed E-state index contributed by atoms with van der Waals surface area (Å²) in [5.74, 6) is 0. The van der Waals surface area contributed by atoms with Crippen LogP contribution in [0.4, 0.5) is 0 Å². The van der Waals surface area contributed by atoms with Crippen molar-refractivity contribution in [1.29, 1.82) is 0 Å². The lowest BCUT2D eigenvalue weighted by atomic mass is 10.1. The van der Waals surface area contributed by atoms with Crippen molar-refractivity contribution in [2.24, 2.45) is 0 Å². The van der Waals surface area contributed by atoms with Gasteiger partial charge in [0.1, 0.15) is 0 Å². The fourth-order valence-electron chi connectivity index (χ4n) is 1.81. The van der Waals surface area contributed by atoms with Crippen molar-refractivity contribution in [3.8, 4) is 0 Å². The third kappa shape index (κ3) is 6.91. The quantitative estimate of drug-likeness (QED) is 0.594. The highest BCUT2D eigenvalue weighted by Crippen LogP contribution is 2.07. The van der Waals surface area contributed by atoms with Crippen LogP contribution in [-0.4, -0.2) is 37.1 Å². The minimum atomic E-state index is 0.642. The highest BCUT2D eigenvalue weighted by Gasteiger charge is 2.14. The molecule has 2 heteroatoms. The topological polar surface area (TPSA) is 15.3 Å². The number of rotatable bonds is 9. The van der Waals surface area contributed by atoms with E-state index in [1.54, 1.807) is 0 Å². The molecule has 0 aromatic rings. The van der Waals surface area contributed by atoms with Crippen LogP contribution >= 0.6 is 0 Å². The van der Waals surface area contributed by atoms with E-state index in [-0.39, 0.29) is 0 Å². The molecule has 92 valence electrons. The Morgan fingerprint density at radius 3 is 2.27 bits per heavy atom. The number of nitrogens with one attached hydrogen (secondary N) is 1. The summed E-state index contributed by atoms with van der Waals surface area (Å²) >= 11 is 0. The Kier molecular flexibility index (Phi) is 9.12.